The molecule has 0 spiro atoms. The van der Waals surface area contributed by atoms with Crippen LogP contribution in [0.2, 0.25) is 0 Å². The summed E-state index contributed by atoms with van der Waals surface area (Å²) in [5, 5.41) is 6.73. The molecule has 0 aliphatic carbocycles. The number of hydrogen-bond acceptors (Lipinski definition) is 5. The van der Waals surface area contributed by atoms with Gasteiger partial charge < -0.3 is 15.5 Å². The van der Waals surface area contributed by atoms with Crippen LogP contribution in [-0.4, -0.2) is 42.1 Å². The number of benzene rings is 2. The lowest BCUT2D eigenvalue weighted by Crippen LogP contribution is -2.21. The molecule has 2 N–H and O–H groups in total. The van der Waals surface area contributed by atoms with Crippen molar-refractivity contribution in [3.8, 4) is 11.3 Å². The van der Waals surface area contributed by atoms with Gasteiger partial charge in [-0.2, -0.15) is 4.98 Å². The summed E-state index contributed by atoms with van der Waals surface area (Å²) >= 11 is 0. The van der Waals surface area contributed by atoms with Gasteiger partial charge >= 0.3 is 0 Å². The zero-order chi connectivity index (χ0) is 19.1. The normalized spacial score (nSPS) is 10.8. The first-order valence-electron chi connectivity index (χ1n) is 9.33. The van der Waals surface area contributed by atoms with Gasteiger partial charge in [0.05, 0.1) is 5.69 Å². The minimum Gasteiger partial charge on any atom is -0.369 e. The average Bonchev–Trinajstić information content (AvgIpc) is 2.69. The number of rotatable bonds is 8. The van der Waals surface area contributed by atoms with Crippen molar-refractivity contribution in [2.45, 2.75) is 13.3 Å². The van der Waals surface area contributed by atoms with Crippen LogP contribution in [0.25, 0.3) is 11.3 Å². The predicted octanol–water partition coefficient (Wildman–Crippen LogP) is 4.42. The molecule has 0 unspecified atom stereocenters. The number of likely N-dealkylation sites (N-methyl/N-ethyl adjacent to an activating group) is 1. The standard InChI is InChI=1S/C22H27N5/c1-4-17-10-12-19(13-11-17)24-22-25-20(18-8-6-5-7-9-18)16-21(26-22)23-14-15-27(2)3/h5-13,16H,4,14-15H2,1-3H3,(H2,23,24,25,26). The van der Waals surface area contributed by atoms with Crippen molar-refractivity contribution in [1.82, 2.24) is 14.9 Å². The van der Waals surface area contributed by atoms with Gasteiger partial charge in [-0.1, -0.05) is 49.4 Å². The van der Waals surface area contributed by atoms with Gasteiger partial charge in [0.2, 0.25) is 5.95 Å². The molecular formula is C22H27N5. The Morgan fingerprint density at radius 2 is 1.67 bits per heavy atom. The predicted molar refractivity (Wildman–Crippen MR) is 114 cm³/mol. The fourth-order valence-corrected chi connectivity index (χ4v) is 2.71. The van der Waals surface area contributed by atoms with Crippen LogP contribution >= 0.6 is 0 Å². The van der Waals surface area contributed by atoms with Crippen LogP contribution in [-0.2, 0) is 6.42 Å². The smallest absolute Gasteiger partial charge is 0.229 e. The molecule has 0 atom stereocenters. The topological polar surface area (TPSA) is 53.1 Å². The van der Waals surface area contributed by atoms with E-state index in [1.165, 1.54) is 5.56 Å². The Morgan fingerprint density at radius 3 is 2.33 bits per heavy atom. The Hall–Kier alpha value is -2.92. The van der Waals surface area contributed by atoms with E-state index in [0.29, 0.717) is 5.95 Å². The molecular weight excluding hydrogens is 334 g/mol. The molecule has 5 heteroatoms. The van der Waals surface area contributed by atoms with E-state index in [-0.39, 0.29) is 0 Å². The third-order valence-electron chi connectivity index (χ3n) is 4.28. The summed E-state index contributed by atoms with van der Waals surface area (Å²) in [6, 6.07) is 20.6. The molecule has 140 valence electrons. The summed E-state index contributed by atoms with van der Waals surface area (Å²) < 4.78 is 0. The van der Waals surface area contributed by atoms with E-state index in [1.54, 1.807) is 0 Å². The first-order valence-corrected chi connectivity index (χ1v) is 9.33. The maximum atomic E-state index is 4.71. The van der Waals surface area contributed by atoms with E-state index < -0.39 is 0 Å². The number of nitrogens with zero attached hydrogens (tertiary/aromatic N) is 3. The van der Waals surface area contributed by atoms with Crippen molar-refractivity contribution in [2.75, 3.05) is 37.8 Å². The summed E-state index contributed by atoms with van der Waals surface area (Å²) in [6.45, 7) is 3.91. The quantitative estimate of drug-likeness (QED) is 0.622. The van der Waals surface area contributed by atoms with Gasteiger partial charge in [-0.15, -0.1) is 0 Å². The van der Waals surface area contributed by atoms with Gasteiger partial charge in [0.1, 0.15) is 5.82 Å². The molecule has 0 bridgehead atoms. The molecule has 0 radical (unpaired) electrons. The molecule has 0 amide bonds. The van der Waals surface area contributed by atoms with E-state index in [9.17, 15) is 0 Å². The third kappa shape index (κ3) is 5.53. The molecule has 3 rings (SSSR count). The summed E-state index contributed by atoms with van der Waals surface area (Å²) in [5.74, 6) is 1.41. The molecule has 27 heavy (non-hydrogen) atoms. The molecule has 2 aromatic carbocycles. The van der Waals surface area contributed by atoms with Crippen molar-refractivity contribution >= 4 is 17.5 Å². The van der Waals surface area contributed by atoms with Gasteiger partial charge in [-0.05, 0) is 38.2 Å². The fourth-order valence-electron chi connectivity index (χ4n) is 2.71. The van der Waals surface area contributed by atoms with Crippen LogP contribution in [0, 0.1) is 0 Å². The Morgan fingerprint density at radius 1 is 0.926 bits per heavy atom. The van der Waals surface area contributed by atoms with Gasteiger partial charge in [-0.3, -0.25) is 0 Å². The van der Waals surface area contributed by atoms with Crippen molar-refractivity contribution < 1.29 is 0 Å². The van der Waals surface area contributed by atoms with Crippen molar-refractivity contribution in [3.63, 3.8) is 0 Å². The maximum absolute atomic E-state index is 4.71. The van der Waals surface area contributed by atoms with Gasteiger partial charge in [0.25, 0.3) is 0 Å². The largest absolute Gasteiger partial charge is 0.369 e. The summed E-state index contributed by atoms with van der Waals surface area (Å²) in [6.07, 6.45) is 1.03. The highest BCUT2D eigenvalue weighted by Gasteiger charge is 2.07. The van der Waals surface area contributed by atoms with E-state index in [0.717, 1.165) is 42.3 Å². The van der Waals surface area contributed by atoms with Gasteiger partial charge in [0.15, 0.2) is 0 Å². The average molecular weight is 361 g/mol. The van der Waals surface area contributed by atoms with Crippen LogP contribution in [0.1, 0.15) is 12.5 Å². The van der Waals surface area contributed by atoms with Crippen LogP contribution in [0.15, 0.2) is 60.7 Å². The molecule has 0 aliphatic heterocycles. The van der Waals surface area contributed by atoms with E-state index in [4.69, 9.17) is 4.98 Å². The maximum Gasteiger partial charge on any atom is 0.229 e. The lowest BCUT2D eigenvalue weighted by molar-refractivity contribution is 0.425. The van der Waals surface area contributed by atoms with Crippen LogP contribution in [0.4, 0.5) is 17.5 Å². The highest BCUT2D eigenvalue weighted by molar-refractivity contribution is 5.66. The number of aromatic nitrogens is 2. The van der Waals surface area contributed by atoms with E-state index >= 15 is 0 Å². The number of hydrogen-bond donors (Lipinski definition) is 2. The lowest BCUT2D eigenvalue weighted by Gasteiger charge is -2.13. The van der Waals surface area contributed by atoms with Gasteiger partial charge in [-0.25, -0.2) is 4.98 Å². The van der Waals surface area contributed by atoms with Crippen molar-refractivity contribution in [1.29, 1.82) is 0 Å². The Labute approximate surface area is 161 Å². The van der Waals surface area contributed by atoms with Crippen molar-refractivity contribution in [2.24, 2.45) is 0 Å². The van der Waals surface area contributed by atoms with Crippen LogP contribution < -0.4 is 10.6 Å². The number of anilines is 3. The first-order chi connectivity index (χ1) is 13.1. The second kappa shape index (κ2) is 9.14. The Balaban J connectivity index is 1.86. The minimum absolute atomic E-state index is 0.591. The zero-order valence-electron chi connectivity index (χ0n) is 16.2. The lowest BCUT2D eigenvalue weighted by atomic mass is 10.1. The highest BCUT2D eigenvalue weighted by atomic mass is 15.2. The zero-order valence-corrected chi connectivity index (χ0v) is 16.2. The van der Waals surface area contributed by atoms with E-state index in [1.807, 2.05) is 24.3 Å². The molecule has 0 saturated heterocycles. The minimum atomic E-state index is 0.591. The molecule has 0 aliphatic rings. The Kier molecular flexibility index (Phi) is 6.39. The number of nitrogens with one attached hydrogen (secondary N) is 2. The van der Waals surface area contributed by atoms with Gasteiger partial charge in [0, 0.05) is 30.4 Å². The van der Waals surface area contributed by atoms with Crippen LogP contribution in [0.3, 0.4) is 0 Å². The molecule has 5 nitrogen and oxygen atoms in total. The highest BCUT2D eigenvalue weighted by Crippen LogP contribution is 2.23. The molecule has 3 aromatic rings. The summed E-state index contributed by atoms with van der Waals surface area (Å²) in [4.78, 5) is 11.5. The SMILES string of the molecule is CCc1ccc(Nc2nc(NCCN(C)C)cc(-c3ccccc3)n2)cc1. The number of aryl methyl sites for hydroxylation is 1. The Bertz CT molecular complexity index is 844. The molecule has 0 saturated carbocycles. The summed E-state index contributed by atoms with van der Waals surface area (Å²) in [5.41, 5.74) is 4.26. The van der Waals surface area contributed by atoms with Crippen LogP contribution in [0.5, 0.6) is 0 Å². The fraction of sp³-hybridized carbons (Fsp3) is 0.273. The molecule has 1 heterocycles. The van der Waals surface area contributed by atoms with Crippen molar-refractivity contribution in [3.05, 3.63) is 66.2 Å². The second-order valence-electron chi connectivity index (χ2n) is 6.73. The monoisotopic (exact) mass is 361 g/mol. The molecule has 0 fully saturated rings. The molecule has 1 aromatic heterocycles. The van der Waals surface area contributed by atoms with E-state index in [2.05, 4.69) is 77.9 Å². The summed E-state index contributed by atoms with van der Waals surface area (Å²) in [7, 11) is 4.12. The first kappa shape index (κ1) is 18.9. The third-order valence-corrected chi connectivity index (χ3v) is 4.28. The second-order valence-corrected chi connectivity index (χ2v) is 6.73.